The number of non-ortho nitro benzene ring substituents is 1. The second kappa shape index (κ2) is 4.53. The van der Waals surface area contributed by atoms with Gasteiger partial charge in [-0.05, 0) is 38.8 Å². The van der Waals surface area contributed by atoms with Crippen LogP contribution in [-0.4, -0.2) is 17.4 Å². The van der Waals surface area contributed by atoms with Gasteiger partial charge in [-0.15, -0.1) is 0 Å². The second-order valence-corrected chi connectivity index (χ2v) is 5.55. The average Bonchev–Trinajstić information content (AvgIpc) is 2.70. The lowest BCUT2D eigenvalue weighted by Gasteiger charge is -2.23. The first kappa shape index (κ1) is 13.3. The van der Waals surface area contributed by atoms with Gasteiger partial charge < -0.3 is 4.84 Å². The molecule has 1 heterocycles. The summed E-state index contributed by atoms with van der Waals surface area (Å²) in [7, 11) is 0. The summed E-state index contributed by atoms with van der Waals surface area (Å²) in [5.74, 6) is -0.355. The highest BCUT2D eigenvalue weighted by molar-refractivity contribution is 5.77. The predicted octanol–water partition coefficient (Wildman–Crippen LogP) is 2.46. The maximum Gasteiger partial charge on any atom is 0.337 e. The molecule has 0 amide bonds. The van der Waals surface area contributed by atoms with Crippen LogP contribution in [0.4, 0.5) is 11.4 Å². The smallest absolute Gasteiger partial charge is 0.337 e. The van der Waals surface area contributed by atoms with Gasteiger partial charge in [0.1, 0.15) is 0 Å². The lowest BCUT2D eigenvalue weighted by atomic mass is 9.98. The summed E-state index contributed by atoms with van der Waals surface area (Å²) >= 11 is 0. The van der Waals surface area contributed by atoms with Crippen LogP contribution in [0.5, 0.6) is 0 Å². The molecular formula is C13H16N2O4. The molecule has 0 fully saturated rings. The molecule has 0 atom stereocenters. The first-order chi connectivity index (χ1) is 8.79. The molecule has 0 radical (unpaired) electrons. The number of hydrogen-bond donors (Lipinski definition) is 0. The lowest BCUT2D eigenvalue weighted by molar-refractivity contribution is -0.384. The Bertz CT molecular complexity index is 534. The molecule has 2 rings (SSSR count). The van der Waals surface area contributed by atoms with Gasteiger partial charge in [0.2, 0.25) is 0 Å². The number of hydrogen-bond acceptors (Lipinski definition) is 5. The molecule has 0 spiro atoms. The minimum Gasteiger partial charge on any atom is -0.340 e. The second-order valence-electron chi connectivity index (χ2n) is 5.55. The number of anilines is 1. The van der Waals surface area contributed by atoms with Crippen molar-refractivity contribution in [1.82, 2.24) is 0 Å². The quantitative estimate of drug-likeness (QED) is 0.606. The Balaban J connectivity index is 2.23. The molecule has 0 saturated carbocycles. The highest BCUT2D eigenvalue weighted by atomic mass is 16.7. The molecule has 1 aromatic rings. The van der Waals surface area contributed by atoms with Crippen molar-refractivity contribution in [2.45, 2.75) is 27.2 Å². The summed E-state index contributed by atoms with van der Waals surface area (Å²) in [6.45, 7) is 5.82. The molecule has 1 aromatic carbocycles. The van der Waals surface area contributed by atoms with Crippen LogP contribution < -0.4 is 5.06 Å². The van der Waals surface area contributed by atoms with Crippen LogP contribution in [0.3, 0.4) is 0 Å². The Morgan fingerprint density at radius 2 is 2.11 bits per heavy atom. The first-order valence-corrected chi connectivity index (χ1v) is 6.06. The minimum absolute atomic E-state index is 0.00235. The van der Waals surface area contributed by atoms with Gasteiger partial charge in [-0.25, -0.2) is 9.86 Å². The summed E-state index contributed by atoms with van der Waals surface area (Å²) < 4.78 is 0. The number of nitro groups is 1. The number of carbonyl (C=O) groups is 1. The van der Waals surface area contributed by atoms with Crippen molar-refractivity contribution in [1.29, 1.82) is 0 Å². The molecule has 102 valence electrons. The molecule has 6 heteroatoms. The number of fused-ring (bicyclic) bond motifs is 1. The number of carbonyl (C=O) groups excluding carboxylic acids is 1. The van der Waals surface area contributed by atoms with E-state index in [-0.39, 0.29) is 11.7 Å². The molecule has 19 heavy (non-hydrogen) atoms. The molecule has 6 nitrogen and oxygen atoms in total. The third kappa shape index (κ3) is 2.67. The van der Waals surface area contributed by atoms with E-state index in [1.807, 2.05) is 0 Å². The van der Waals surface area contributed by atoms with Gasteiger partial charge in [0.05, 0.1) is 22.6 Å². The van der Waals surface area contributed by atoms with Crippen molar-refractivity contribution < 1.29 is 14.6 Å². The van der Waals surface area contributed by atoms with Crippen molar-refractivity contribution in [3.63, 3.8) is 0 Å². The standard InChI is InChI=1S/C13H16N2O4/c1-13(2,3)12(16)19-14-7-6-9-4-5-10(15(17)18)8-11(9)14/h4-5,8H,6-7H2,1-3H3. The van der Waals surface area contributed by atoms with E-state index in [9.17, 15) is 14.9 Å². The van der Waals surface area contributed by atoms with Gasteiger partial charge >= 0.3 is 5.97 Å². The number of nitrogens with zero attached hydrogens (tertiary/aromatic N) is 2. The zero-order chi connectivity index (χ0) is 14.2. The molecule has 0 aliphatic carbocycles. The van der Waals surface area contributed by atoms with E-state index in [4.69, 9.17) is 4.84 Å². The third-order valence-electron chi connectivity index (χ3n) is 2.94. The maximum atomic E-state index is 11.9. The topological polar surface area (TPSA) is 72.7 Å². The van der Waals surface area contributed by atoms with Crippen LogP contribution in [0, 0.1) is 15.5 Å². The number of benzene rings is 1. The van der Waals surface area contributed by atoms with Crippen LogP contribution >= 0.6 is 0 Å². The molecule has 0 bridgehead atoms. The molecule has 0 aromatic heterocycles. The van der Waals surface area contributed by atoms with E-state index < -0.39 is 10.3 Å². The van der Waals surface area contributed by atoms with Gasteiger partial charge in [-0.2, -0.15) is 0 Å². The average molecular weight is 264 g/mol. The molecule has 1 aliphatic heterocycles. The van der Waals surface area contributed by atoms with E-state index in [1.165, 1.54) is 17.2 Å². The highest BCUT2D eigenvalue weighted by Gasteiger charge is 2.30. The Labute approximate surface area is 111 Å². The van der Waals surface area contributed by atoms with Crippen molar-refractivity contribution in [3.05, 3.63) is 33.9 Å². The van der Waals surface area contributed by atoms with Gasteiger partial charge in [0.25, 0.3) is 5.69 Å². The van der Waals surface area contributed by atoms with Crippen LogP contribution in [0.15, 0.2) is 18.2 Å². The Morgan fingerprint density at radius 1 is 1.42 bits per heavy atom. The fraction of sp³-hybridized carbons (Fsp3) is 0.462. The van der Waals surface area contributed by atoms with Gasteiger partial charge in [0, 0.05) is 12.1 Å². The van der Waals surface area contributed by atoms with Gasteiger partial charge in [-0.3, -0.25) is 10.1 Å². The summed E-state index contributed by atoms with van der Waals surface area (Å²) in [6, 6.07) is 4.62. The summed E-state index contributed by atoms with van der Waals surface area (Å²) in [6.07, 6.45) is 0.713. The van der Waals surface area contributed by atoms with Crippen LogP contribution in [0.1, 0.15) is 26.3 Å². The van der Waals surface area contributed by atoms with Crippen molar-refractivity contribution in [3.8, 4) is 0 Å². The van der Waals surface area contributed by atoms with Crippen molar-refractivity contribution in [2.24, 2.45) is 5.41 Å². The number of rotatable bonds is 2. The largest absolute Gasteiger partial charge is 0.340 e. The Kier molecular flexibility index (Phi) is 3.18. The summed E-state index contributed by atoms with van der Waals surface area (Å²) in [5, 5.41) is 12.2. The Morgan fingerprint density at radius 3 is 2.68 bits per heavy atom. The number of hydroxylamine groups is 1. The molecular weight excluding hydrogens is 248 g/mol. The maximum absolute atomic E-state index is 11.9. The normalized spacial score (nSPS) is 14.2. The van der Waals surface area contributed by atoms with E-state index in [2.05, 4.69) is 0 Å². The molecule has 1 aliphatic rings. The highest BCUT2D eigenvalue weighted by Crippen LogP contribution is 2.32. The van der Waals surface area contributed by atoms with E-state index in [0.717, 1.165) is 5.56 Å². The molecule has 0 N–H and O–H groups in total. The van der Waals surface area contributed by atoms with E-state index >= 15 is 0 Å². The zero-order valence-electron chi connectivity index (χ0n) is 11.2. The molecule has 0 saturated heterocycles. The fourth-order valence-corrected chi connectivity index (χ4v) is 1.78. The van der Waals surface area contributed by atoms with Crippen LogP contribution in [-0.2, 0) is 16.1 Å². The summed E-state index contributed by atoms with van der Waals surface area (Å²) in [5.41, 5.74) is 0.945. The lowest BCUT2D eigenvalue weighted by Crippen LogP contribution is -2.32. The SMILES string of the molecule is CC(C)(C)C(=O)ON1CCc2ccc([N+](=O)[O-])cc21. The predicted molar refractivity (Wildman–Crippen MR) is 69.7 cm³/mol. The van der Waals surface area contributed by atoms with E-state index in [1.54, 1.807) is 26.8 Å². The monoisotopic (exact) mass is 264 g/mol. The van der Waals surface area contributed by atoms with Gasteiger partial charge in [0.15, 0.2) is 0 Å². The van der Waals surface area contributed by atoms with Crippen molar-refractivity contribution in [2.75, 3.05) is 11.6 Å². The van der Waals surface area contributed by atoms with Crippen LogP contribution in [0.2, 0.25) is 0 Å². The number of nitro benzene ring substituents is 1. The van der Waals surface area contributed by atoms with Crippen LogP contribution in [0.25, 0.3) is 0 Å². The molecule has 0 unspecified atom stereocenters. The van der Waals surface area contributed by atoms with E-state index in [0.29, 0.717) is 18.7 Å². The third-order valence-corrected chi connectivity index (χ3v) is 2.94. The Hall–Kier alpha value is -2.11. The zero-order valence-corrected chi connectivity index (χ0v) is 11.2. The first-order valence-electron chi connectivity index (χ1n) is 6.06. The van der Waals surface area contributed by atoms with Crippen molar-refractivity contribution >= 4 is 17.3 Å². The van der Waals surface area contributed by atoms with Gasteiger partial charge in [-0.1, -0.05) is 0 Å². The summed E-state index contributed by atoms with van der Waals surface area (Å²) in [4.78, 5) is 27.5. The minimum atomic E-state index is -0.608. The fourth-order valence-electron chi connectivity index (χ4n) is 1.78.